The summed E-state index contributed by atoms with van der Waals surface area (Å²) in [5, 5.41) is 0. The first-order valence-electron chi connectivity index (χ1n) is 7.16. The van der Waals surface area contributed by atoms with E-state index in [9.17, 15) is 9.59 Å². The van der Waals surface area contributed by atoms with E-state index in [0.717, 1.165) is 5.56 Å². The van der Waals surface area contributed by atoms with Crippen LogP contribution in [-0.4, -0.2) is 31.6 Å². The molecular formula is C16H22O5. The monoisotopic (exact) mass is 294 g/mol. The van der Waals surface area contributed by atoms with Gasteiger partial charge in [-0.2, -0.15) is 0 Å². The molecule has 21 heavy (non-hydrogen) atoms. The summed E-state index contributed by atoms with van der Waals surface area (Å²) >= 11 is 0. The Morgan fingerprint density at radius 1 is 0.952 bits per heavy atom. The maximum absolute atomic E-state index is 11.8. The van der Waals surface area contributed by atoms with Gasteiger partial charge in [-0.05, 0) is 38.5 Å². The van der Waals surface area contributed by atoms with Crippen molar-refractivity contribution in [3.05, 3.63) is 23.8 Å². The first kappa shape index (κ1) is 17.0. The SMILES string of the molecule is CCOC(=O)CC(=O)Cc1ccc(OCC)c(OCC)c1. The fourth-order valence-electron chi connectivity index (χ4n) is 1.87. The number of ketones is 1. The summed E-state index contributed by atoms with van der Waals surface area (Å²) in [4.78, 5) is 23.1. The van der Waals surface area contributed by atoms with Gasteiger partial charge >= 0.3 is 5.97 Å². The molecule has 0 saturated heterocycles. The third kappa shape index (κ3) is 5.85. The number of ether oxygens (including phenoxy) is 3. The van der Waals surface area contributed by atoms with Crippen LogP contribution >= 0.6 is 0 Å². The molecular weight excluding hydrogens is 272 g/mol. The highest BCUT2D eigenvalue weighted by Gasteiger charge is 2.13. The van der Waals surface area contributed by atoms with Crippen LogP contribution in [0.5, 0.6) is 11.5 Å². The highest BCUT2D eigenvalue weighted by atomic mass is 16.5. The van der Waals surface area contributed by atoms with Gasteiger partial charge in [-0.15, -0.1) is 0 Å². The van der Waals surface area contributed by atoms with E-state index in [1.807, 2.05) is 13.8 Å². The predicted molar refractivity (Wildman–Crippen MR) is 78.7 cm³/mol. The minimum absolute atomic E-state index is 0.172. The van der Waals surface area contributed by atoms with Crippen LogP contribution in [0.2, 0.25) is 0 Å². The lowest BCUT2D eigenvalue weighted by Crippen LogP contribution is -2.13. The van der Waals surface area contributed by atoms with Gasteiger partial charge in [-0.3, -0.25) is 9.59 Å². The van der Waals surface area contributed by atoms with Crippen molar-refractivity contribution in [3.8, 4) is 11.5 Å². The maximum atomic E-state index is 11.8. The van der Waals surface area contributed by atoms with Gasteiger partial charge in [0, 0.05) is 6.42 Å². The second-order valence-electron chi connectivity index (χ2n) is 4.34. The lowest BCUT2D eigenvalue weighted by molar-refractivity contribution is -0.145. The van der Waals surface area contributed by atoms with Crippen molar-refractivity contribution in [3.63, 3.8) is 0 Å². The van der Waals surface area contributed by atoms with Gasteiger partial charge in [-0.1, -0.05) is 6.07 Å². The van der Waals surface area contributed by atoms with E-state index < -0.39 is 5.97 Å². The molecule has 5 heteroatoms. The summed E-state index contributed by atoms with van der Waals surface area (Å²) in [6, 6.07) is 5.36. The van der Waals surface area contributed by atoms with Crippen molar-refractivity contribution >= 4 is 11.8 Å². The molecule has 116 valence electrons. The number of hydrogen-bond acceptors (Lipinski definition) is 5. The van der Waals surface area contributed by atoms with E-state index in [2.05, 4.69) is 0 Å². The van der Waals surface area contributed by atoms with E-state index in [1.165, 1.54) is 0 Å². The van der Waals surface area contributed by atoms with E-state index >= 15 is 0 Å². The average molecular weight is 294 g/mol. The Morgan fingerprint density at radius 3 is 2.24 bits per heavy atom. The molecule has 0 aromatic heterocycles. The second-order valence-corrected chi connectivity index (χ2v) is 4.34. The molecule has 0 spiro atoms. The third-order valence-electron chi connectivity index (χ3n) is 2.66. The molecule has 0 aliphatic heterocycles. The Hall–Kier alpha value is -2.04. The summed E-state index contributed by atoms with van der Waals surface area (Å²) in [6.07, 6.45) is -0.0314. The van der Waals surface area contributed by atoms with Crippen LogP contribution < -0.4 is 9.47 Å². The number of benzene rings is 1. The van der Waals surface area contributed by atoms with Crippen LogP contribution in [0.15, 0.2) is 18.2 Å². The number of rotatable bonds is 9. The zero-order valence-electron chi connectivity index (χ0n) is 12.8. The highest BCUT2D eigenvalue weighted by molar-refractivity contribution is 5.96. The quantitative estimate of drug-likeness (QED) is 0.517. The summed E-state index contributed by atoms with van der Waals surface area (Å²) in [5.74, 6) is 0.597. The smallest absolute Gasteiger partial charge is 0.313 e. The first-order valence-corrected chi connectivity index (χ1v) is 7.16. The fourth-order valence-corrected chi connectivity index (χ4v) is 1.87. The lowest BCUT2D eigenvalue weighted by atomic mass is 10.1. The van der Waals surface area contributed by atoms with Gasteiger partial charge in [0.05, 0.1) is 19.8 Å². The number of hydrogen-bond donors (Lipinski definition) is 0. The highest BCUT2D eigenvalue weighted by Crippen LogP contribution is 2.28. The van der Waals surface area contributed by atoms with Crippen LogP contribution in [0.4, 0.5) is 0 Å². The standard InChI is InChI=1S/C16H22O5/c1-4-19-14-8-7-12(10-15(14)20-5-2)9-13(17)11-16(18)21-6-3/h7-8,10H,4-6,9,11H2,1-3H3. The molecule has 0 saturated carbocycles. The van der Waals surface area contributed by atoms with Crippen molar-refractivity contribution in [2.75, 3.05) is 19.8 Å². The molecule has 0 atom stereocenters. The largest absolute Gasteiger partial charge is 0.490 e. The van der Waals surface area contributed by atoms with Crippen LogP contribution in [0.1, 0.15) is 32.8 Å². The second kappa shape index (κ2) is 9.00. The molecule has 0 heterocycles. The lowest BCUT2D eigenvalue weighted by Gasteiger charge is -2.12. The third-order valence-corrected chi connectivity index (χ3v) is 2.66. The average Bonchev–Trinajstić information content (AvgIpc) is 2.42. The van der Waals surface area contributed by atoms with Crippen LogP contribution in [0.3, 0.4) is 0 Å². The topological polar surface area (TPSA) is 61.8 Å². The van der Waals surface area contributed by atoms with E-state index in [-0.39, 0.29) is 25.2 Å². The van der Waals surface area contributed by atoms with Crippen molar-refractivity contribution in [1.82, 2.24) is 0 Å². The molecule has 5 nitrogen and oxygen atoms in total. The van der Waals surface area contributed by atoms with E-state index in [4.69, 9.17) is 14.2 Å². The van der Waals surface area contributed by atoms with Gasteiger partial charge < -0.3 is 14.2 Å². The van der Waals surface area contributed by atoms with Gasteiger partial charge in [0.1, 0.15) is 12.2 Å². The summed E-state index contributed by atoms with van der Waals surface area (Å²) < 4.78 is 15.7. The molecule has 0 aliphatic rings. The molecule has 0 amide bonds. The van der Waals surface area contributed by atoms with Crippen LogP contribution in [0, 0.1) is 0 Å². The van der Waals surface area contributed by atoms with Crippen LogP contribution in [-0.2, 0) is 20.7 Å². The number of Topliss-reactive ketones (excluding diaryl/α,β-unsaturated/α-hetero) is 1. The summed E-state index contributed by atoms with van der Waals surface area (Å²) in [7, 11) is 0. The molecule has 0 radical (unpaired) electrons. The van der Waals surface area contributed by atoms with E-state index in [0.29, 0.717) is 24.7 Å². The van der Waals surface area contributed by atoms with Crippen molar-refractivity contribution in [2.45, 2.75) is 33.6 Å². The summed E-state index contributed by atoms with van der Waals surface area (Å²) in [5.41, 5.74) is 0.788. The first-order chi connectivity index (χ1) is 10.1. The van der Waals surface area contributed by atoms with Crippen molar-refractivity contribution in [2.24, 2.45) is 0 Å². The van der Waals surface area contributed by atoms with Gasteiger partial charge in [0.25, 0.3) is 0 Å². The summed E-state index contributed by atoms with van der Waals surface area (Å²) in [6.45, 7) is 6.83. The molecule has 1 aromatic rings. The Labute approximate surface area is 125 Å². The molecule has 0 bridgehead atoms. The number of carbonyl (C=O) groups is 2. The van der Waals surface area contributed by atoms with Gasteiger partial charge in [-0.25, -0.2) is 0 Å². The zero-order valence-corrected chi connectivity index (χ0v) is 12.8. The molecule has 0 aliphatic carbocycles. The normalized spacial score (nSPS) is 10.0. The van der Waals surface area contributed by atoms with Crippen molar-refractivity contribution < 1.29 is 23.8 Å². The maximum Gasteiger partial charge on any atom is 0.313 e. The van der Waals surface area contributed by atoms with Crippen molar-refractivity contribution in [1.29, 1.82) is 0 Å². The molecule has 0 fully saturated rings. The Kier molecular flexibility index (Phi) is 7.29. The van der Waals surface area contributed by atoms with Gasteiger partial charge in [0.2, 0.25) is 0 Å². The minimum atomic E-state index is -0.488. The van der Waals surface area contributed by atoms with Crippen LogP contribution in [0.25, 0.3) is 0 Å². The number of carbonyl (C=O) groups excluding carboxylic acids is 2. The molecule has 1 rings (SSSR count). The fraction of sp³-hybridized carbons (Fsp3) is 0.500. The Bertz CT molecular complexity index is 482. The predicted octanol–water partition coefficient (Wildman–Crippen LogP) is 2.55. The zero-order chi connectivity index (χ0) is 15.7. The van der Waals surface area contributed by atoms with E-state index in [1.54, 1.807) is 25.1 Å². The Balaban J connectivity index is 2.72. The van der Waals surface area contributed by atoms with Gasteiger partial charge in [0.15, 0.2) is 11.5 Å². The molecule has 0 unspecified atom stereocenters. The molecule has 1 aromatic carbocycles. The molecule has 0 N–H and O–H groups in total. The Morgan fingerprint density at radius 2 is 1.62 bits per heavy atom. The number of esters is 1. The minimum Gasteiger partial charge on any atom is -0.490 e.